The molecule has 0 aliphatic rings. The zero-order chi connectivity index (χ0) is 15.6. The normalized spacial score (nSPS) is 11.2. The number of pyridine rings is 1. The maximum absolute atomic E-state index is 12.2. The second kappa shape index (κ2) is 5.86. The molecule has 110 valence electrons. The summed E-state index contributed by atoms with van der Waals surface area (Å²) in [6.45, 7) is 1.79. The summed E-state index contributed by atoms with van der Waals surface area (Å²) in [5, 5.41) is 2.14. The van der Waals surface area contributed by atoms with Crippen molar-refractivity contribution >= 4 is 37.5 Å². The number of amides is 1. The van der Waals surface area contributed by atoms with Gasteiger partial charge in [0.1, 0.15) is 11.5 Å². The fourth-order valence-electron chi connectivity index (χ4n) is 1.48. The monoisotopic (exact) mass is 370 g/mol. The predicted molar refractivity (Wildman–Crippen MR) is 79.8 cm³/mol. The summed E-state index contributed by atoms with van der Waals surface area (Å²) in [5.41, 5.74) is 0.667. The largest absolute Gasteiger partial charge is 0.305 e. The smallest absolute Gasteiger partial charge is 0.276 e. The molecule has 0 saturated heterocycles. The number of hydrogen-bond donors (Lipinski definition) is 1. The average Bonchev–Trinajstić information content (AvgIpc) is 2.37. The first kappa shape index (κ1) is 15.5. The number of anilines is 1. The van der Waals surface area contributed by atoms with Crippen molar-refractivity contribution in [1.29, 1.82) is 0 Å². The first-order valence-corrected chi connectivity index (χ1v) is 8.43. The molecule has 9 heteroatoms. The van der Waals surface area contributed by atoms with Crippen LogP contribution in [0.15, 0.2) is 34.0 Å². The lowest BCUT2D eigenvalue weighted by atomic mass is 10.3. The molecule has 0 aromatic carbocycles. The van der Waals surface area contributed by atoms with E-state index in [1.807, 2.05) is 0 Å². The van der Waals surface area contributed by atoms with Crippen molar-refractivity contribution < 1.29 is 13.2 Å². The number of nitrogens with zero attached hydrogens (tertiary/aromatic N) is 3. The predicted octanol–water partition coefficient (Wildman–Crippen LogP) is 1.60. The van der Waals surface area contributed by atoms with E-state index >= 15 is 0 Å². The Balaban J connectivity index is 2.35. The van der Waals surface area contributed by atoms with Gasteiger partial charge in [0.15, 0.2) is 0 Å². The molecule has 2 heterocycles. The molecular formula is C12H11BrN4O3S. The van der Waals surface area contributed by atoms with E-state index in [-0.39, 0.29) is 5.69 Å². The second-order valence-corrected chi connectivity index (χ2v) is 7.00. The highest BCUT2D eigenvalue weighted by molar-refractivity contribution is 9.10. The van der Waals surface area contributed by atoms with Crippen LogP contribution in [-0.4, -0.2) is 35.5 Å². The molecule has 0 aliphatic heterocycles. The van der Waals surface area contributed by atoms with Gasteiger partial charge in [0.25, 0.3) is 5.91 Å². The van der Waals surface area contributed by atoms with E-state index in [2.05, 4.69) is 36.2 Å². The van der Waals surface area contributed by atoms with Crippen molar-refractivity contribution in [2.45, 2.75) is 12.1 Å². The Morgan fingerprint density at radius 2 is 2.00 bits per heavy atom. The zero-order valence-corrected chi connectivity index (χ0v) is 13.6. The van der Waals surface area contributed by atoms with Gasteiger partial charge in [0.2, 0.25) is 15.0 Å². The van der Waals surface area contributed by atoms with Crippen molar-refractivity contribution in [3.8, 4) is 0 Å². The van der Waals surface area contributed by atoms with Crippen LogP contribution in [0.5, 0.6) is 0 Å². The third-order valence-corrected chi connectivity index (χ3v) is 3.84. The fourth-order valence-corrected chi connectivity index (χ4v) is 2.35. The van der Waals surface area contributed by atoms with Crippen LogP contribution >= 0.6 is 15.9 Å². The lowest BCUT2D eigenvalue weighted by Gasteiger charge is -2.07. The minimum absolute atomic E-state index is 0.0752. The summed E-state index contributed by atoms with van der Waals surface area (Å²) in [4.78, 5) is 23.7. The maximum Gasteiger partial charge on any atom is 0.276 e. The van der Waals surface area contributed by atoms with Gasteiger partial charge in [-0.05, 0) is 35.0 Å². The van der Waals surface area contributed by atoms with Gasteiger partial charge in [-0.3, -0.25) is 4.79 Å². The molecule has 0 fully saturated rings. The van der Waals surface area contributed by atoms with Crippen LogP contribution in [0.1, 0.15) is 16.2 Å². The first-order valence-electron chi connectivity index (χ1n) is 5.75. The van der Waals surface area contributed by atoms with E-state index in [1.165, 1.54) is 6.20 Å². The lowest BCUT2D eigenvalue weighted by Crippen LogP contribution is -2.18. The van der Waals surface area contributed by atoms with E-state index in [9.17, 15) is 13.2 Å². The van der Waals surface area contributed by atoms with Gasteiger partial charge in [-0.1, -0.05) is 6.07 Å². The van der Waals surface area contributed by atoms with E-state index in [1.54, 1.807) is 25.1 Å². The standard InChI is InChI=1S/C12H11BrN4O3S/c1-7-4-3-5-9(15-7)16-11(18)10-8(13)6-14-12(17-10)21(2,19)20/h3-6H,1-2H3,(H,15,16,18). The van der Waals surface area contributed by atoms with Crippen molar-refractivity contribution in [1.82, 2.24) is 15.0 Å². The quantitative estimate of drug-likeness (QED) is 0.823. The SMILES string of the molecule is Cc1cccc(NC(=O)c2nc(S(C)(=O)=O)ncc2Br)n1. The Bertz CT molecular complexity index is 808. The molecule has 0 spiro atoms. The number of aromatic nitrogens is 3. The molecule has 0 aliphatic carbocycles. The molecule has 0 unspecified atom stereocenters. The second-order valence-electron chi connectivity index (χ2n) is 4.24. The van der Waals surface area contributed by atoms with Crippen LogP contribution in [0.4, 0.5) is 5.82 Å². The third kappa shape index (κ3) is 3.82. The van der Waals surface area contributed by atoms with Gasteiger partial charge in [0, 0.05) is 18.1 Å². The maximum atomic E-state index is 12.2. The van der Waals surface area contributed by atoms with Crippen molar-refractivity contribution in [2.75, 3.05) is 11.6 Å². The molecule has 2 aromatic rings. The van der Waals surface area contributed by atoms with Crippen LogP contribution in [0.3, 0.4) is 0 Å². The minimum Gasteiger partial charge on any atom is -0.305 e. The van der Waals surface area contributed by atoms with E-state index in [4.69, 9.17) is 0 Å². The van der Waals surface area contributed by atoms with Gasteiger partial charge in [0.05, 0.1) is 4.47 Å². The highest BCUT2D eigenvalue weighted by Crippen LogP contribution is 2.16. The topological polar surface area (TPSA) is 102 Å². The van der Waals surface area contributed by atoms with Gasteiger partial charge < -0.3 is 5.32 Å². The van der Waals surface area contributed by atoms with Crippen LogP contribution in [-0.2, 0) is 9.84 Å². The molecule has 0 atom stereocenters. The molecule has 2 rings (SSSR count). The number of aryl methyl sites for hydroxylation is 1. The summed E-state index contributed by atoms with van der Waals surface area (Å²) < 4.78 is 23.2. The number of nitrogens with one attached hydrogen (secondary N) is 1. The van der Waals surface area contributed by atoms with Gasteiger partial charge >= 0.3 is 0 Å². The van der Waals surface area contributed by atoms with Crippen molar-refractivity contribution in [3.63, 3.8) is 0 Å². The Morgan fingerprint density at radius 3 is 2.62 bits per heavy atom. The number of halogens is 1. The molecule has 1 N–H and O–H groups in total. The van der Waals surface area contributed by atoms with Crippen molar-refractivity contribution in [2.24, 2.45) is 0 Å². The molecule has 7 nitrogen and oxygen atoms in total. The summed E-state index contributed by atoms with van der Waals surface area (Å²) in [6.07, 6.45) is 2.20. The van der Waals surface area contributed by atoms with Crippen molar-refractivity contribution in [3.05, 3.63) is 40.3 Å². The van der Waals surface area contributed by atoms with Crippen LogP contribution in [0.2, 0.25) is 0 Å². The van der Waals surface area contributed by atoms with Gasteiger partial charge in [-0.25, -0.2) is 23.4 Å². The molecule has 0 radical (unpaired) electrons. The number of carbonyl (C=O) groups excluding carboxylic acids is 1. The minimum atomic E-state index is -3.59. The summed E-state index contributed by atoms with van der Waals surface area (Å²) in [5.74, 6) is -0.223. The van der Waals surface area contributed by atoms with E-state index in [0.29, 0.717) is 10.3 Å². The van der Waals surface area contributed by atoms with Gasteiger partial charge in [-0.15, -0.1) is 0 Å². The molecule has 0 saturated carbocycles. The highest BCUT2D eigenvalue weighted by Gasteiger charge is 2.19. The van der Waals surface area contributed by atoms with E-state index in [0.717, 1.165) is 11.9 Å². The first-order chi connectivity index (χ1) is 9.77. The van der Waals surface area contributed by atoms with Gasteiger partial charge in [-0.2, -0.15) is 0 Å². The molecular weight excluding hydrogens is 360 g/mol. The Hall–Kier alpha value is -1.87. The number of hydrogen-bond acceptors (Lipinski definition) is 6. The Kier molecular flexibility index (Phi) is 4.33. The highest BCUT2D eigenvalue weighted by atomic mass is 79.9. The Morgan fingerprint density at radius 1 is 1.29 bits per heavy atom. The third-order valence-electron chi connectivity index (χ3n) is 2.40. The molecule has 21 heavy (non-hydrogen) atoms. The number of sulfone groups is 1. The van der Waals surface area contributed by atoms with Crippen LogP contribution in [0, 0.1) is 6.92 Å². The lowest BCUT2D eigenvalue weighted by molar-refractivity contribution is 0.102. The summed E-state index contributed by atoms with van der Waals surface area (Å²) in [6, 6.07) is 5.16. The van der Waals surface area contributed by atoms with Crippen LogP contribution < -0.4 is 5.32 Å². The van der Waals surface area contributed by atoms with E-state index < -0.39 is 20.9 Å². The fraction of sp³-hybridized carbons (Fsp3) is 0.167. The van der Waals surface area contributed by atoms with Crippen LogP contribution in [0.25, 0.3) is 0 Å². The molecule has 2 aromatic heterocycles. The average molecular weight is 371 g/mol. The molecule has 0 bridgehead atoms. The number of rotatable bonds is 3. The number of carbonyl (C=O) groups is 1. The molecule has 1 amide bonds. The zero-order valence-electron chi connectivity index (χ0n) is 11.2. The summed E-state index contributed by atoms with van der Waals surface area (Å²) >= 11 is 3.12. The Labute approximate surface area is 129 Å². The summed E-state index contributed by atoms with van der Waals surface area (Å²) in [7, 11) is -3.59.